The number of halogens is 1. The number of aromatic nitrogens is 3. The molecule has 0 aliphatic heterocycles. The average molecular weight is 395 g/mol. The molecule has 0 N–H and O–H groups in total. The van der Waals surface area contributed by atoms with Crippen molar-refractivity contribution in [2.45, 2.75) is 35.0 Å². The second-order valence-corrected chi connectivity index (χ2v) is 8.95. The third-order valence-electron chi connectivity index (χ3n) is 4.07. The maximum Gasteiger partial charge on any atom is 0.262 e. The lowest BCUT2D eigenvalue weighted by molar-refractivity contribution is 0.695. The topological polar surface area (TPSA) is 71.6 Å². The summed E-state index contributed by atoms with van der Waals surface area (Å²) < 4.78 is 6.22. The highest BCUT2D eigenvalue weighted by Crippen LogP contribution is 2.38. The van der Waals surface area contributed by atoms with Gasteiger partial charge in [-0.3, -0.25) is 9.36 Å². The van der Waals surface area contributed by atoms with Crippen molar-refractivity contribution >= 4 is 56.4 Å². The first-order chi connectivity index (χ1) is 11.6. The van der Waals surface area contributed by atoms with Gasteiger partial charge in [0, 0.05) is 11.9 Å². The predicted octanol–water partition coefficient (Wildman–Crippen LogP) is 4.01. The van der Waals surface area contributed by atoms with Crippen LogP contribution in [-0.4, -0.2) is 13.9 Å². The molecule has 0 fully saturated rings. The maximum atomic E-state index is 12.8. The van der Waals surface area contributed by atoms with Crippen LogP contribution >= 0.6 is 46.2 Å². The van der Waals surface area contributed by atoms with Crippen molar-refractivity contribution in [1.82, 2.24) is 13.9 Å². The number of aryl methyl sites for hydroxylation is 2. The minimum Gasteiger partial charge on any atom is -0.290 e. The summed E-state index contributed by atoms with van der Waals surface area (Å²) in [6.07, 6.45) is 4.29. The second-order valence-electron chi connectivity index (χ2n) is 5.50. The molecule has 3 aromatic heterocycles. The van der Waals surface area contributed by atoms with E-state index in [0.29, 0.717) is 14.9 Å². The third-order valence-corrected chi connectivity index (χ3v) is 7.68. The van der Waals surface area contributed by atoms with Gasteiger partial charge in [0.15, 0.2) is 10.3 Å². The Morgan fingerprint density at radius 2 is 2.17 bits per heavy atom. The van der Waals surface area contributed by atoms with Gasteiger partial charge in [0.1, 0.15) is 20.7 Å². The molecule has 0 atom stereocenters. The Hall–Kier alpha value is -1.40. The van der Waals surface area contributed by atoms with Crippen LogP contribution in [0.3, 0.4) is 0 Å². The first-order valence-corrected chi connectivity index (χ1v) is 10.1. The number of nitrogens with zero attached hydrogens (tertiary/aromatic N) is 4. The number of hydrogen-bond acceptors (Lipinski definition) is 7. The van der Waals surface area contributed by atoms with Gasteiger partial charge in [-0.1, -0.05) is 11.6 Å². The molecule has 1 aliphatic rings. The zero-order valence-corrected chi connectivity index (χ0v) is 15.8. The van der Waals surface area contributed by atoms with Crippen molar-refractivity contribution in [3.63, 3.8) is 0 Å². The highest BCUT2D eigenvalue weighted by molar-refractivity contribution is 8.01. The lowest BCUT2D eigenvalue weighted by Gasteiger charge is -2.10. The molecule has 0 spiro atoms. The van der Waals surface area contributed by atoms with Gasteiger partial charge in [0.05, 0.1) is 5.39 Å². The van der Waals surface area contributed by atoms with Gasteiger partial charge in [-0.2, -0.15) is 9.64 Å². The smallest absolute Gasteiger partial charge is 0.262 e. The first kappa shape index (κ1) is 16.1. The molecular weight excluding hydrogens is 384 g/mol. The van der Waals surface area contributed by atoms with E-state index in [1.54, 1.807) is 23.0 Å². The Kier molecular flexibility index (Phi) is 4.12. The van der Waals surface area contributed by atoms with E-state index < -0.39 is 0 Å². The predicted molar refractivity (Wildman–Crippen MR) is 97.5 cm³/mol. The van der Waals surface area contributed by atoms with Crippen molar-refractivity contribution < 1.29 is 0 Å². The van der Waals surface area contributed by atoms with E-state index in [0.717, 1.165) is 41.0 Å². The molecule has 0 saturated heterocycles. The van der Waals surface area contributed by atoms with Crippen molar-refractivity contribution in [2.24, 2.45) is 7.05 Å². The normalized spacial score (nSPS) is 13.9. The van der Waals surface area contributed by atoms with E-state index in [-0.39, 0.29) is 10.7 Å². The quantitative estimate of drug-likeness (QED) is 0.614. The van der Waals surface area contributed by atoms with E-state index in [9.17, 15) is 10.1 Å². The summed E-state index contributed by atoms with van der Waals surface area (Å²) in [5, 5.41) is 10.7. The summed E-state index contributed by atoms with van der Waals surface area (Å²) in [6, 6.07) is 2.06. The molecule has 0 radical (unpaired) electrons. The van der Waals surface area contributed by atoms with Gasteiger partial charge in [-0.05, 0) is 54.5 Å². The fraction of sp³-hybridized carbons (Fsp3) is 0.333. The highest BCUT2D eigenvalue weighted by atomic mass is 35.5. The molecular formula is C15H11ClN4OS3. The fourth-order valence-electron chi connectivity index (χ4n) is 2.86. The standard InChI is InChI=1S/C15H11ClN4OS3/c1-20-13(21)10-7-4-2-3-5-9(7)22-12(10)18-15(20)23-14-8(6-17)11(16)19-24-14/h2-5H2,1H3. The Morgan fingerprint density at radius 3 is 2.96 bits per heavy atom. The molecule has 24 heavy (non-hydrogen) atoms. The van der Waals surface area contributed by atoms with E-state index in [1.807, 2.05) is 0 Å². The minimum atomic E-state index is -0.0176. The van der Waals surface area contributed by atoms with E-state index in [2.05, 4.69) is 10.4 Å². The molecule has 3 aromatic rings. The van der Waals surface area contributed by atoms with E-state index in [1.165, 1.54) is 28.6 Å². The van der Waals surface area contributed by atoms with Crippen LogP contribution in [0.2, 0.25) is 5.15 Å². The molecule has 3 heterocycles. The van der Waals surface area contributed by atoms with Gasteiger partial charge in [0.2, 0.25) is 0 Å². The Morgan fingerprint density at radius 1 is 1.38 bits per heavy atom. The second kappa shape index (κ2) is 6.15. The molecule has 0 bridgehead atoms. The molecule has 0 amide bonds. The molecule has 5 nitrogen and oxygen atoms in total. The molecule has 9 heteroatoms. The first-order valence-electron chi connectivity index (χ1n) is 7.34. The number of fused-ring (bicyclic) bond motifs is 3. The van der Waals surface area contributed by atoms with Crippen molar-refractivity contribution in [3.05, 3.63) is 31.5 Å². The summed E-state index contributed by atoms with van der Waals surface area (Å²) in [6.45, 7) is 0. The SMILES string of the molecule is Cn1c(Sc2snc(Cl)c2C#N)nc2sc3c(c2c1=O)CCCC3. The Balaban J connectivity index is 1.86. The van der Waals surface area contributed by atoms with E-state index >= 15 is 0 Å². The van der Waals surface area contributed by atoms with Crippen LogP contribution in [0.4, 0.5) is 0 Å². The Labute approximate surface area is 155 Å². The summed E-state index contributed by atoms with van der Waals surface area (Å²) in [7, 11) is 1.72. The molecule has 1 aliphatic carbocycles. The van der Waals surface area contributed by atoms with Crippen LogP contribution in [-0.2, 0) is 19.9 Å². The number of hydrogen-bond donors (Lipinski definition) is 0. The molecule has 122 valence electrons. The number of thiophene rings is 1. The third kappa shape index (κ3) is 2.47. The van der Waals surface area contributed by atoms with Crippen LogP contribution in [0.5, 0.6) is 0 Å². The Bertz CT molecular complexity index is 1060. The van der Waals surface area contributed by atoms with Crippen LogP contribution in [0.1, 0.15) is 28.8 Å². The maximum absolute atomic E-state index is 12.8. The summed E-state index contributed by atoms with van der Waals surface area (Å²) in [5.41, 5.74) is 1.51. The molecule has 0 aromatic carbocycles. The van der Waals surface area contributed by atoms with Crippen molar-refractivity contribution in [2.75, 3.05) is 0 Å². The summed E-state index contributed by atoms with van der Waals surface area (Å²) in [4.78, 5) is 19.6. The lowest BCUT2D eigenvalue weighted by atomic mass is 9.97. The van der Waals surface area contributed by atoms with Crippen LogP contribution in [0.15, 0.2) is 14.2 Å². The summed E-state index contributed by atoms with van der Waals surface area (Å²) >= 11 is 9.96. The van der Waals surface area contributed by atoms with Crippen molar-refractivity contribution in [3.8, 4) is 6.07 Å². The monoisotopic (exact) mass is 394 g/mol. The van der Waals surface area contributed by atoms with Crippen LogP contribution in [0.25, 0.3) is 10.2 Å². The van der Waals surface area contributed by atoms with Gasteiger partial charge < -0.3 is 0 Å². The zero-order chi connectivity index (χ0) is 16.8. The van der Waals surface area contributed by atoms with Gasteiger partial charge in [-0.15, -0.1) is 11.3 Å². The number of rotatable bonds is 2. The lowest BCUT2D eigenvalue weighted by Crippen LogP contribution is -2.20. The average Bonchev–Trinajstić information content (AvgIpc) is 3.12. The molecule has 0 unspecified atom stereocenters. The van der Waals surface area contributed by atoms with Gasteiger partial charge in [-0.25, -0.2) is 4.98 Å². The van der Waals surface area contributed by atoms with Gasteiger partial charge in [0.25, 0.3) is 5.56 Å². The van der Waals surface area contributed by atoms with E-state index in [4.69, 9.17) is 16.6 Å². The molecule has 0 saturated carbocycles. The zero-order valence-electron chi connectivity index (χ0n) is 12.6. The highest BCUT2D eigenvalue weighted by Gasteiger charge is 2.22. The fourth-order valence-corrected chi connectivity index (χ4v) is 6.26. The molecule has 4 rings (SSSR count). The number of nitriles is 1. The largest absolute Gasteiger partial charge is 0.290 e. The van der Waals surface area contributed by atoms with Crippen molar-refractivity contribution in [1.29, 1.82) is 5.26 Å². The minimum absolute atomic E-state index is 0.0176. The van der Waals surface area contributed by atoms with Crippen LogP contribution < -0.4 is 5.56 Å². The summed E-state index contributed by atoms with van der Waals surface area (Å²) in [5.74, 6) is 0. The van der Waals surface area contributed by atoms with Crippen LogP contribution in [0, 0.1) is 11.3 Å². The van der Waals surface area contributed by atoms with Gasteiger partial charge >= 0.3 is 0 Å².